The SMILES string of the molecule is Cn1[nH]c(C2CC2)c(C(=O)c2ccc(C(F)(F)F)cc2Cl)c1=O. The molecule has 0 bridgehead atoms. The van der Waals surface area contributed by atoms with Crippen LogP contribution in [0.15, 0.2) is 23.0 Å². The topological polar surface area (TPSA) is 54.9 Å². The Morgan fingerprint density at radius 1 is 1.35 bits per heavy atom. The smallest absolute Gasteiger partial charge is 0.299 e. The van der Waals surface area contributed by atoms with Gasteiger partial charge in [-0.2, -0.15) is 13.2 Å². The van der Waals surface area contributed by atoms with Crippen LogP contribution in [0.3, 0.4) is 0 Å². The molecule has 0 unspecified atom stereocenters. The third kappa shape index (κ3) is 2.81. The first kappa shape index (κ1) is 15.9. The number of carbonyl (C=O) groups is 1. The zero-order valence-electron chi connectivity index (χ0n) is 12.0. The van der Waals surface area contributed by atoms with E-state index in [1.165, 1.54) is 11.7 Å². The average molecular weight is 345 g/mol. The van der Waals surface area contributed by atoms with Crippen LogP contribution in [0.5, 0.6) is 0 Å². The minimum atomic E-state index is -4.55. The number of halogens is 4. The predicted molar refractivity (Wildman–Crippen MR) is 77.9 cm³/mol. The highest BCUT2D eigenvalue weighted by Crippen LogP contribution is 2.40. The molecule has 0 spiro atoms. The molecule has 3 rings (SSSR count). The summed E-state index contributed by atoms with van der Waals surface area (Å²) in [5, 5.41) is 2.52. The van der Waals surface area contributed by atoms with Crippen molar-refractivity contribution in [3.63, 3.8) is 0 Å². The van der Waals surface area contributed by atoms with Crippen LogP contribution in [0.2, 0.25) is 5.02 Å². The highest BCUT2D eigenvalue weighted by molar-refractivity contribution is 6.35. The molecule has 0 radical (unpaired) electrons. The van der Waals surface area contributed by atoms with E-state index in [4.69, 9.17) is 11.6 Å². The molecule has 4 nitrogen and oxygen atoms in total. The third-order valence-corrected chi connectivity index (χ3v) is 4.14. The van der Waals surface area contributed by atoms with Crippen LogP contribution in [0.4, 0.5) is 13.2 Å². The Hall–Kier alpha value is -2.02. The summed E-state index contributed by atoms with van der Waals surface area (Å²) in [6, 6.07) is 2.49. The van der Waals surface area contributed by atoms with E-state index < -0.39 is 23.1 Å². The minimum Gasteiger partial charge on any atom is -0.299 e. The van der Waals surface area contributed by atoms with Gasteiger partial charge in [-0.05, 0) is 31.0 Å². The number of aromatic nitrogens is 2. The number of hydrogen-bond acceptors (Lipinski definition) is 2. The maximum atomic E-state index is 12.7. The number of nitrogens with zero attached hydrogens (tertiary/aromatic N) is 1. The Balaban J connectivity index is 2.07. The number of rotatable bonds is 3. The standard InChI is InChI=1S/C15H12ClF3N2O2/c1-21-14(23)11(12(20-21)7-2-3-7)13(22)9-5-4-8(6-10(9)16)15(17,18)19/h4-7,20H,2-3H2,1H3. The van der Waals surface area contributed by atoms with Gasteiger partial charge in [-0.15, -0.1) is 0 Å². The van der Waals surface area contributed by atoms with Gasteiger partial charge in [0.25, 0.3) is 5.56 Å². The van der Waals surface area contributed by atoms with E-state index in [2.05, 4.69) is 5.10 Å². The van der Waals surface area contributed by atoms with Crippen LogP contribution < -0.4 is 5.56 Å². The van der Waals surface area contributed by atoms with Crippen molar-refractivity contribution in [3.8, 4) is 0 Å². The maximum Gasteiger partial charge on any atom is 0.416 e. The zero-order chi connectivity index (χ0) is 16.9. The number of aryl methyl sites for hydroxylation is 1. The normalized spacial score (nSPS) is 15.0. The summed E-state index contributed by atoms with van der Waals surface area (Å²) in [7, 11) is 1.49. The number of benzene rings is 1. The lowest BCUT2D eigenvalue weighted by Crippen LogP contribution is -2.20. The molecule has 2 aromatic rings. The number of carbonyl (C=O) groups excluding carboxylic acids is 1. The van der Waals surface area contributed by atoms with E-state index in [0.717, 1.165) is 25.0 Å². The van der Waals surface area contributed by atoms with Crippen LogP contribution in [0.25, 0.3) is 0 Å². The van der Waals surface area contributed by atoms with Gasteiger partial charge in [0.1, 0.15) is 5.56 Å². The second-order valence-electron chi connectivity index (χ2n) is 5.56. The monoisotopic (exact) mass is 344 g/mol. The average Bonchev–Trinajstić information content (AvgIpc) is 3.25. The summed E-state index contributed by atoms with van der Waals surface area (Å²) in [4.78, 5) is 24.8. The molecule has 0 saturated heterocycles. The molecule has 1 aliphatic rings. The largest absolute Gasteiger partial charge is 0.416 e. The Morgan fingerprint density at radius 3 is 2.52 bits per heavy atom. The Bertz CT molecular complexity index is 847. The summed E-state index contributed by atoms with van der Waals surface area (Å²) < 4.78 is 39.2. The van der Waals surface area contributed by atoms with Crippen molar-refractivity contribution in [3.05, 3.63) is 56.0 Å². The Kier molecular flexibility index (Phi) is 3.63. The van der Waals surface area contributed by atoms with Crippen molar-refractivity contribution in [2.45, 2.75) is 24.9 Å². The number of aromatic amines is 1. The molecular weight excluding hydrogens is 333 g/mol. The first-order valence-corrected chi connectivity index (χ1v) is 7.28. The molecule has 1 aromatic carbocycles. The number of hydrogen-bond donors (Lipinski definition) is 1. The lowest BCUT2D eigenvalue weighted by molar-refractivity contribution is -0.137. The molecule has 1 aliphatic carbocycles. The molecule has 1 heterocycles. The number of H-pyrrole nitrogens is 1. The van der Waals surface area contributed by atoms with Gasteiger partial charge in [-0.3, -0.25) is 19.4 Å². The van der Waals surface area contributed by atoms with E-state index in [-0.39, 0.29) is 22.1 Å². The molecule has 1 saturated carbocycles. The number of alkyl halides is 3. The van der Waals surface area contributed by atoms with Crippen LogP contribution in [0, 0.1) is 0 Å². The molecule has 1 fully saturated rings. The van der Waals surface area contributed by atoms with E-state index in [1.54, 1.807) is 0 Å². The summed E-state index contributed by atoms with van der Waals surface area (Å²) >= 11 is 5.85. The molecular formula is C15H12ClF3N2O2. The number of ketones is 1. The fourth-order valence-electron chi connectivity index (χ4n) is 2.47. The molecule has 1 aromatic heterocycles. The van der Waals surface area contributed by atoms with Crippen molar-refractivity contribution < 1.29 is 18.0 Å². The summed E-state index contributed by atoms with van der Waals surface area (Å²) in [6.45, 7) is 0. The van der Waals surface area contributed by atoms with Gasteiger partial charge in [-0.25, -0.2) is 0 Å². The van der Waals surface area contributed by atoms with Crippen molar-refractivity contribution in [2.24, 2.45) is 7.05 Å². The van der Waals surface area contributed by atoms with Gasteiger partial charge in [0.2, 0.25) is 5.78 Å². The van der Waals surface area contributed by atoms with Crippen LogP contribution in [-0.4, -0.2) is 15.6 Å². The van der Waals surface area contributed by atoms with Gasteiger partial charge in [0.15, 0.2) is 0 Å². The number of nitrogens with one attached hydrogen (secondary N) is 1. The summed E-state index contributed by atoms with van der Waals surface area (Å²) in [6.07, 6.45) is -2.82. The van der Waals surface area contributed by atoms with Gasteiger partial charge >= 0.3 is 6.18 Å². The fraction of sp³-hybridized carbons (Fsp3) is 0.333. The lowest BCUT2D eigenvalue weighted by Gasteiger charge is -2.09. The van der Waals surface area contributed by atoms with Crippen molar-refractivity contribution in [2.75, 3.05) is 0 Å². The second-order valence-corrected chi connectivity index (χ2v) is 5.97. The van der Waals surface area contributed by atoms with E-state index in [1.807, 2.05) is 0 Å². The predicted octanol–water partition coefficient (Wildman–Crippen LogP) is 3.49. The molecule has 1 N–H and O–H groups in total. The van der Waals surface area contributed by atoms with Gasteiger partial charge < -0.3 is 0 Å². The van der Waals surface area contributed by atoms with E-state index >= 15 is 0 Å². The highest BCUT2D eigenvalue weighted by Gasteiger charge is 2.35. The highest BCUT2D eigenvalue weighted by atomic mass is 35.5. The van der Waals surface area contributed by atoms with Crippen LogP contribution >= 0.6 is 11.6 Å². The Morgan fingerprint density at radius 2 is 2.00 bits per heavy atom. The second kappa shape index (κ2) is 5.26. The van der Waals surface area contributed by atoms with Crippen LogP contribution in [0.1, 0.15) is 45.9 Å². The van der Waals surface area contributed by atoms with E-state index in [9.17, 15) is 22.8 Å². The first-order chi connectivity index (χ1) is 10.7. The van der Waals surface area contributed by atoms with Crippen molar-refractivity contribution in [1.29, 1.82) is 0 Å². The van der Waals surface area contributed by atoms with Crippen molar-refractivity contribution in [1.82, 2.24) is 9.78 Å². The quantitative estimate of drug-likeness (QED) is 0.866. The zero-order valence-corrected chi connectivity index (χ0v) is 12.8. The summed E-state index contributed by atoms with van der Waals surface area (Å²) in [5.41, 5.74) is -1.08. The Labute approximate surface area is 133 Å². The van der Waals surface area contributed by atoms with Gasteiger partial charge in [-0.1, -0.05) is 11.6 Å². The lowest BCUT2D eigenvalue weighted by atomic mass is 10.0. The molecule has 8 heteroatoms. The third-order valence-electron chi connectivity index (χ3n) is 3.83. The summed E-state index contributed by atoms with van der Waals surface area (Å²) in [5.74, 6) is -0.552. The maximum absolute atomic E-state index is 12.7. The van der Waals surface area contributed by atoms with Gasteiger partial charge in [0.05, 0.1) is 16.3 Å². The van der Waals surface area contributed by atoms with Gasteiger partial charge in [0, 0.05) is 18.5 Å². The molecule has 23 heavy (non-hydrogen) atoms. The van der Waals surface area contributed by atoms with E-state index in [0.29, 0.717) is 11.8 Å². The van der Waals surface area contributed by atoms with Crippen LogP contribution in [-0.2, 0) is 13.2 Å². The minimum absolute atomic E-state index is 0.0448. The molecule has 0 atom stereocenters. The van der Waals surface area contributed by atoms with Crippen molar-refractivity contribution >= 4 is 17.4 Å². The first-order valence-electron chi connectivity index (χ1n) is 6.90. The molecule has 122 valence electrons. The fourth-order valence-corrected chi connectivity index (χ4v) is 2.73. The molecule has 0 amide bonds. The molecule has 0 aliphatic heterocycles.